The predicted molar refractivity (Wildman–Crippen MR) is 102 cm³/mol. The molecule has 3 aromatic carbocycles. The highest BCUT2D eigenvalue weighted by atomic mass is 32.1. The Morgan fingerprint density at radius 1 is 1.04 bits per heavy atom. The minimum atomic E-state index is -0.0839. The number of carbonyl (C=O) groups excluding carboxylic acids is 1. The summed E-state index contributed by atoms with van der Waals surface area (Å²) in [7, 11) is 0. The molecule has 4 aromatic rings. The largest absolute Gasteiger partial charge is 0.454 e. The maximum atomic E-state index is 12.4. The summed E-state index contributed by atoms with van der Waals surface area (Å²) in [6, 6.07) is 17.9. The molecule has 128 valence electrons. The van der Waals surface area contributed by atoms with Gasteiger partial charge in [0.2, 0.25) is 12.7 Å². The number of carbonyl (C=O) groups is 1. The Kier molecular flexibility index (Phi) is 3.50. The SMILES string of the molecule is O=C(Cc1ccc2ccccc2c1)Nc1nc2cc3c(cc2s1)OCO3. The summed E-state index contributed by atoms with van der Waals surface area (Å²) >= 11 is 1.43. The minimum Gasteiger partial charge on any atom is -0.454 e. The average molecular weight is 362 g/mol. The topological polar surface area (TPSA) is 60.5 Å². The number of benzene rings is 3. The summed E-state index contributed by atoms with van der Waals surface area (Å²) < 4.78 is 11.7. The number of nitrogens with one attached hydrogen (secondary N) is 1. The van der Waals surface area contributed by atoms with Crippen LogP contribution in [0.3, 0.4) is 0 Å². The van der Waals surface area contributed by atoms with Crippen LogP contribution in [0.2, 0.25) is 0 Å². The lowest BCUT2D eigenvalue weighted by Gasteiger charge is -2.04. The highest BCUT2D eigenvalue weighted by Crippen LogP contribution is 2.38. The molecule has 2 heterocycles. The summed E-state index contributed by atoms with van der Waals surface area (Å²) in [5.41, 5.74) is 1.77. The molecule has 6 heteroatoms. The van der Waals surface area contributed by atoms with Crippen molar-refractivity contribution in [1.29, 1.82) is 0 Å². The van der Waals surface area contributed by atoms with Crippen LogP contribution in [0.5, 0.6) is 11.5 Å². The van der Waals surface area contributed by atoms with Crippen LogP contribution in [0.1, 0.15) is 5.56 Å². The Morgan fingerprint density at radius 3 is 2.73 bits per heavy atom. The van der Waals surface area contributed by atoms with Gasteiger partial charge in [0.1, 0.15) is 0 Å². The molecule has 0 radical (unpaired) electrons. The zero-order valence-corrected chi connectivity index (χ0v) is 14.5. The molecule has 0 unspecified atom stereocenters. The number of amides is 1. The number of hydrogen-bond acceptors (Lipinski definition) is 5. The molecule has 0 atom stereocenters. The minimum absolute atomic E-state index is 0.0839. The molecule has 0 saturated carbocycles. The third kappa shape index (κ3) is 2.74. The molecule has 1 aromatic heterocycles. The van der Waals surface area contributed by atoms with Gasteiger partial charge in [-0.1, -0.05) is 53.8 Å². The van der Waals surface area contributed by atoms with Crippen molar-refractivity contribution in [3.05, 3.63) is 60.2 Å². The van der Waals surface area contributed by atoms with E-state index in [-0.39, 0.29) is 12.7 Å². The molecular formula is C20H14N2O3S. The molecule has 5 nitrogen and oxygen atoms in total. The molecule has 0 aliphatic carbocycles. The quantitative estimate of drug-likeness (QED) is 0.588. The first-order chi connectivity index (χ1) is 12.7. The zero-order valence-electron chi connectivity index (χ0n) is 13.7. The molecule has 0 saturated heterocycles. The Bertz CT molecular complexity index is 1110. The Labute approximate surface area is 153 Å². The summed E-state index contributed by atoms with van der Waals surface area (Å²) in [5.74, 6) is 1.33. The van der Waals surface area contributed by atoms with Crippen LogP contribution < -0.4 is 14.8 Å². The van der Waals surface area contributed by atoms with Crippen molar-refractivity contribution >= 4 is 43.4 Å². The number of anilines is 1. The van der Waals surface area contributed by atoms with Crippen LogP contribution in [0.4, 0.5) is 5.13 Å². The predicted octanol–water partition coefficient (Wildman–Crippen LogP) is 4.36. The second kappa shape index (κ2) is 6.00. The van der Waals surface area contributed by atoms with Gasteiger partial charge in [-0.25, -0.2) is 4.98 Å². The summed E-state index contributed by atoms with van der Waals surface area (Å²) in [4.78, 5) is 16.9. The average Bonchev–Trinajstić information content (AvgIpc) is 3.24. The van der Waals surface area contributed by atoms with Crippen LogP contribution in [0.15, 0.2) is 54.6 Å². The first-order valence-electron chi connectivity index (χ1n) is 8.22. The van der Waals surface area contributed by atoms with E-state index in [2.05, 4.69) is 16.4 Å². The van der Waals surface area contributed by atoms with Gasteiger partial charge in [-0.3, -0.25) is 4.79 Å². The van der Waals surface area contributed by atoms with Gasteiger partial charge in [0, 0.05) is 12.1 Å². The normalized spacial score (nSPS) is 12.6. The van der Waals surface area contributed by atoms with Crippen LogP contribution >= 0.6 is 11.3 Å². The first kappa shape index (κ1) is 15.2. The van der Waals surface area contributed by atoms with Crippen molar-refractivity contribution in [2.24, 2.45) is 0 Å². The third-order valence-electron chi connectivity index (χ3n) is 4.31. The van der Waals surface area contributed by atoms with E-state index >= 15 is 0 Å². The smallest absolute Gasteiger partial charge is 0.231 e. The van der Waals surface area contributed by atoms with Gasteiger partial charge in [-0.05, 0) is 16.3 Å². The van der Waals surface area contributed by atoms with E-state index in [1.165, 1.54) is 16.7 Å². The highest BCUT2D eigenvalue weighted by Gasteiger charge is 2.17. The molecule has 0 spiro atoms. The van der Waals surface area contributed by atoms with Gasteiger partial charge in [-0.15, -0.1) is 0 Å². The van der Waals surface area contributed by atoms with Gasteiger partial charge < -0.3 is 14.8 Å². The highest BCUT2D eigenvalue weighted by molar-refractivity contribution is 7.22. The van der Waals surface area contributed by atoms with Gasteiger partial charge >= 0.3 is 0 Å². The molecule has 5 rings (SSSR count). The van der Waals surface area contributed by atoms with Crippen molar-refractivity contribution in [2.45, 2.75) is 6.42 Å². The van der Waals surface area contributed by atoms with Crippen molar-refractivity contribution in [1.82, 2.24) is 4.98 Å². The fourth-order valence-electron chi connectivity index (χ4n) is 3.07. The standard InChI is InChI=1S/C20H14N2O3S/c23-19(8-12-5-6-13-3-1-2-4-14(13)7-12)22-20-21-15-9-16-17(25-11-24-16)10-18(15)26-20/h1-7,9-10H,8,11H2,(H,21,22,23). The van der Waals surface area contributed by atoms with Gasteiger partial charge in [0.15, 0.2) is 16.6 Å². The van der Waals surface area contributed by atoms with Crippen molar-refractivity contribution in [2.75, 3.05) is 12.1 Å². The summed E-state index contributed by atoms with van der Waals surface area (Å²) in [6.07, 6.45) is 0.309. The Morgan fingerprint density at radius 2 is 1.85 bits per heavy atom. The fraction of sp³-hybridized carbons (Fsp3) is 0.100. The lowest BCUT2D eigenvalue weighted by Crippen LogP contribution is -2.14. The molecule has 1 amide bonds. The molecule has 26 heavy (non-hydrogen) atoms. The van der Waals surface area contributed by atoms with Crippen molar-refractivity contribution < 1.29 is 14.3 Å². The number of rotatable bonds is 3. The lowest BCUT2D eigenvalue weighted by molar-refractivity contribution is -0.115. The second-order valence-corrected chi connectivity index (χ2v) is 7.13. The monoisotopic (exact) mass is 362 g/mol. The number of nitrogens with zero attached hydrogens (tertiary/aromatic N) is 1. The maximum absolute atomic E-state index is 12.4. The second-order valence-electron chi connectivity index (χ2n) is 6.10. The van der Waals surface area contributed by atoms with E-state index in [0.717, 1.165) is 26.9 Å². The van der Waals surface area contributed by atoms with Crippen LogP contribution in [-0.2, 0) is 11.2 Å². The van der Waals surface area contributed by atoms with Crippen LogP contribution in [-0.4, -0.2) is 17.7 Å². The van der Waals surface area contributed by atoms with E-state index in [0.29, 0.717) is 17.3 Å². The number of fused-ring (bicyclic) bond motifs is 3. The lowest BCUT2D eigenvalue weighted by atomic mass is 10.1. The van der Waals surface area contributed by atoms with Gasteiger partial charge in [-0.2, -0.15) is 0 Å². The molecular weight excluding hydrogens is 348 g/mol. The van der Waals surface area contributed by atoms with Crippen LogP contribution in [0, 0.1) is 0 Å². The number of hydrogen-bond donors (Lipinski definition) is 1. The number of ether oxygens (including phenoxy) is 2. The van der Waals surface area contributed by atoms with E-state index in [9.17, 15) is 4.79 Å². The van der Waals surface area contributed by atoms with Crippen molar-refractivity contribution in [3.63, 3.8) is 0 Å². The van der Waals surface area contributed by atoms with Gasteiger partial charge in [0.05, 0.1) is 16.6 Å². The van der Waals surface area contributed by atoms with E-state index in [1.54, 1.807) is 0 Å². The van der Waals surface area contributed by atoms with E-state index in [4.69, 9.17) is 9.47 Å². The first-order valence-corrected chi connectivity index (χ1v) is 9.04. The summed E-state index contributed by atoms with van der Waals surface area (Å²) in [5, 5.41) is 5.77. The van der Waals surface area contributed by atoms with E-state index in [1.807, 2.05) is 48.5 Å². The Balaban J connectivity index is 1.35. The molecule has 1 N–H and O–H groups in total. The number of aromatic nitrogens is 1. The molecule has 1 aliphatic heterocycles. The molecule has 0 fully saturated rings. The maximum Gasteiger partial charge on any atom is 0.231 e. The Hall–Kier alpha value is -3.12. The molecule has 0 bridgehead atoms. The van der Waals surface area contributed by atoms with Gasteiger partial charge in [0.25, 0.3) is 0 Å². The number of thiazole rings is 1. The van der Waals surface area contributed by atoms with Crippen molar-refractivity contribution in [3.8, 4) is 11.5 Å². The van der Waals surface area contributed by atoms with E-state index < -0.39 is 0 Å². The zero-order chi connectivity index (χ0) is 17.5. The molecule has 1 aliphatic rings. The summed E-state index contributed by atoms with van der Waals surface area (Å²) in [6.45, 7) is 0.238. The third-order valence-corrected chi connectivity index (χ3v) is 5.24. The fourth-order valence-corrected chi connectivity index (χ4v) is 3.96. The van der Waals surface area contributed by atoms with Crippen LogP contribution in [0.25, 0.3) is 21.0 Å².